The van der Waals surface area contributed by atoms with Gasteiger partial charge >= 0.3 is 6.18 Å². The summed E-state index contributed by atoms with van der Waals surface area (Å²) < 4.78 is 54.7. The monoisotopic (exact) mass is 304 g/mol. The quantitative estimate of drug-likeness (QED) is 0.276. The summed E-state index contributed by atoms with van der Waals surface area (Å²) in [6.07, 6.45) is -10.8. The Morgan fingerprint density at radius 3 is 2.40 bits per heavy atom. The van der Waals surface area contributed by atoms with Crippen LogP contribution in [0, 0.1) is 0 Å². The first kappa shape index (κ1) is 18.6. The van der Waals surface area contributed by atoms with Gasteiger partial charge in [0.25, 0.3) is 5.91 Å². The second kappa shape index (κ2) is 8.02. The van der Waals surface area contributed by atoms with E-state index in [0.717, 1.165) is 0 Å². The average molecular weight is 304 g/mol. The summed E-state index contributed by atoms with van der Waals surface area (Å²) in [7, 11) is 1.27. The minimum atomic E-state index is -5.04. The number of amides is 1. The second-order valence-corrected chi connectivity index (χ2v) is 3.90. The van der Waals surface area contributed by atoms with Gasteiger partial charge in [0.2, 0.25) is 0 Å². The number of alkyl halides is 4. The van der Waals surface area contributed by atoms with Gasteiger partial charge in [0.05, 0.1) is 12.7 Å². The maximum absolute atomic E-state index is 13.3. The first-order valence-corrected chi connectivity index (χ1v) is 5.42. The van der Waals surface area contributed by atoms with E-state index in [-0.39, 0.29) is 12.8 Å². The number of methoxy groups -OCH3 is 1. The normalized spacial score (nSPS) is 17.4. The summed E-state index contributed by atoms with van der Waals surface area (Å²) in [4.78, 5) is 10.5. The topological polar surface area (TPSA) is 105 Å². The lowest BCUT2D eigenvalue weighted by molar-refractivity contribution is -0.128. The molecular weight excluding hydrogens is 288 g/mol. The Morgan fingerprint density at radius 1 is 1.45 bits per heavy atom. The van der Waals surface area contributed by atoms with Crippen LogP contribution in [0.25, 0.3) is 0 Å². The summed E-state index contributed by atoms with van der Waals surface area (Å²) in [6, 6.07) is 0. The van der Waals surface area contributed by atoms with Crippen molar-refractivity contribution in [3.63, 3.8) is 0 Å². The van der Waals surface area contributed by atoms with E-state index < -0.39 is 42.6 Å². The molecular formula is C10H16F4N2O4. The van der Waals surface area contributed by atoms with E-state index in [2.05, 4.69) is 10.5 Å². The van der Waals surface area contributed by atoms with E-state index in [1.54, 1.807) is 5.32 Å². The minimum Gasteiger partial charge on any atom is -0.391 e. The molecule has 0 aromatic heterocycles. The predicted octanol–water partition coefficient (Wildman–Crippen LogP) is -0.439. The van der Waals surface area contributed by atoms with Gasteiger partial charge in [-0.05, 0) is 0 Å². The first-order valence-electron chi connectivity index (χ1n) is 5.42. The third-order valence-corrected chi connectivity index (χ3v) is 2.17. The fourth-order valence-corrected chi connectivity index (χ4v) is 1.23. The lowest BCUT2D eigenvalue weighted by Crippen LogP contribution is -2.38. The van der Waals surface area contributed by atoms with Gasteiger partial charge in [-0.25, -0.2) is 4.39 Å². The highest BCUT2D eigenvalue weighted by Gasteiger charge is 2.38. The predicted molar refractivity (Wildman–Crippen MR) is 59.9 cm³/mol. The summed E-state index contributed by atoms with van der Waals surface area (Å²) in [5.74, 6) is -1.79. The van der Waals surface area contributed by atoms with Gasteiger partial charge in [0, 0.05) is 19.7 Å². The SMILES string of the molecule is COCC(O)CC(O)C(F)N/C=C(\C(N)=O)C(F)(F)F. The second-order valence-electron chi connectivity index (χ2n) is 3.90. The number of halogens is 4. The Morgan fingerprint density at radius 2 is 2.00 bits per heavy atom. The van der Waals surface area contributed by atoms with Crippen LogP contribution in [-0.2, 0) is 9.53 Å². The number of hydrogen-bond donors (Lipinski definition) is 4. The molecule has 0 bridgehead atoms. The van der Waals surface area contributed by atoms with Crippen molar-refractivity contribution in [2.75, 3.05) is 13.7 Å². The Bertz CT molecular complexity index is 349. The van der Waals surface area contributed by atoms with Crippen LogP contribution in [0.1, 0.15) is 6.42 Å². The molecule has 0 aliphatic carbocycles. The number of aliphatic hydroxyl groups excluding tert-OH is 2. The summed E-state index contributed by atoms with van der Waals surface area (Å²) in [5, 5.41) is 20.1. The molecule has 3 unspecified atom stereocenters. The third-order valence-electron chi connectivity index (χ3n) is 2.17. The number of ether oxygens (including phenoxy) is 1. The third kappa shape index (κ3) is 6.68. The summed E-state index contributed by atoms with van der Waals surface area (Å²) in [6.45, 7) is -0.172. The molecule has 0 fully saturated rings. The molecule has 1 amide bonds. The van der Waals surface area contributed by atoms with Crippen LogP contribution in [0.4, 0.5) is 17.6 Å². The van der Waals surface area contributed by atoms with Crippen molar-refractivity contribution in [2.24, 2.45) is 5.73 Å². The zero-order valence-electron chi connectivity index (χ0n) is 10.5. The van der Waals surface area contributed by atoms with E-state index in [1.165, 1.54) is 7.11 Å². The highest BCUT2D eigenvalue weighted by molar-refractivity contribution is 5.93. The van der Waals surface area contributed by atoms with Crippen molar-refractivity contribution in [2.45, 2.75) is 31.1 Å². The van der Waals surface area contributed by atoms with Gasteiger partial charge in [-0.15, -0.1) is 0 Å². The minimum absolute atomic E-state index is 0.0406. The fourth-order valence-electron chi connectivity index (χ4n) is 1.23. The van der Waals surface area contributed by atoms with Gasteiger partial charge < -0.3 is 26.0 Å². The van der Waals surface area contributed by atoms with Crippen molar-refractivity contribution in [1.82, 2.24) is 5.32 Å². The first-order chi connectivity index (χ1) is 9.09. The molecule has 0 aromatic rings. The Labute approximate surface area is 112 Å². The number of primary amides is 1. The van der Waals surface area contributed by atoms with E-state index in [4.69, 9.17) is 0 Å². The number of carbonyl (C=O) groups is 1. The maximum atomic E-state index is 13.3. The number of aliphatic hydroxyl groups is 2. The van der Waals surface area contributed by atoms with Crippen LogP contribution in [0.15, 0.2) is 11.8 Å². The Balaban J connectivity index is 4.58. The van der Waals surface area contributed by atoms with Crippen LogP contribution in [0.5, 0.6) is 0 Å². The highest BCUT2D eigenvalue weighted by Crippen LogP contribution is 2.24. The van der Waals surface area contributed by atoms with E-state index in [0.29, 0.717) is 0 Å². The number of nitrogens with one attached hydrogen (secondary N) is 1. The maximum Gasteiger partial charge on any atom is 0.423 e. The molecule has 0 aliphatic rings. The Kier molecular flexibility index (Phi) is 7.46. The largest absolute Gasteiger partial charge is 0.423 e. The average Bonchev–Trinajstić information content (AvgIpc) is 2.26. The number of rotatable bonds is 8. The smallest absolute Gasteiger partial charge is 0.391 e. The van der Waals surface area contributed by atoms with Crippen molar-refractivity contribution >= 4 is 5.91 Å². The molecule has 3 atom stereocenters. The molecule has 10 heteroatoms. The molecule has 6 nitrogen and oxygen atoms in total. The zero-order valence-corrected chi connectivity index (χ0v) is 10.5. The Hall–Kier alpha value is -1.39. The van der Waals surface area contributed by atoms with Crippen LogP contribution >= 0.6 is 0 Å². The summed E-state index contributed by atoms with van der Waals surface area (Å²) >= 11 is 0. The van der Waals surface area contributed by atoms with Crippen molar-refractivity contribution < 1.29 is 37.3 Å². The molecule has 5 N–H and O–H groups in total. The van der Waals surface area contributed by atoms with Gasteiger partial charge in [-0.1, -0.05) is 0 Å². The molecule has 0 spiro atoms. The fraction of sp³-hybridized carbons (Fsp3) is 0.700. The van der Waals surface area contributed by atoms with Crippen molar-refractivity contribution in [3.05, 3.63) is 11.8 Å². The number of nitrogens with two attached hydrogens (primary N) is 1. The molecule has 0 aliphatic heterocycles. The highest BCUT2D eigenvalue weighted by atomic mass is 19.4. The zero-order chi connectivity index (χ0) is 15.9. The van der Waals surface area contributed by atoms with Crippen LogP contribution in [0.3, 0.4) is 0 Å². The molecule has 0 rings (SSSR count). The molecule has 118 valence electrons. The van der Waals surface area contributed by atoms with Crippen LogP contribution in [-0.4, -0.2) is 54.5 Å². The van der Waals surface area contributed by atoms with E-state index >= 15 is 0 Å². The number of hydrogen-bond acceptors (Lipinski definition) is 5. The van der Waals surface area contributed by atoms with E-state index in [1.807, 2.05) is 0 Å². The van der Waals surface area contributed by atoms with Gasteiger partial charge in [0.15, 0.2) is 6.30 Å². The van der Waals surface area contributed by atoms with Crippen LogP contribution < -0.4 is 11.1 Å². The van der Waals surface area contributed by atoms with E-state index in [9.17, 15) is 32.6 Å². The molecule has 20 heavy (non-hydrogen) atoms. The molecule has 0 heterocycles. The van der Waals surface area contributed by atoms with Crippen LogP contribution in [0.2, 0.25) is 0 Å². The molecule has 0 radical (unpaired) electrons. The molecule has 0 saturated carbocycles. The van der Waals surface area contributed by atoms with Crippen molar-refractivity contribution in [3.8, 4) is 0 Å². The van der Waals surface area contributed by atoms with Crippen molar-refractivity contribution in [1.29, 1.82) is 0 Å². The molecule has 0 aromatic carbocycles. The lowest BCUT2D eigenvalue weighted by atomic mass is 10.1. The molecule has 0 saturated heterocycles. The lowest BCUT2D eigenvalue weighted by Gasteiger charge is -2.19. The standard InChI is InChI=1S/C10H16F4N2O4/c1-20-4-5(17)2-7(18)8(11)16-3-6(9(15)19)10(12,13)14/h3,5,7-8,16-18H,2,4H2,1H3,(H2,15,19)/b6-3+. The van der Waals surface area contributed by atoms with Gasteiger partial charge in [0.1, 0.15) is 11.7 Å². The summed E-state index contributed by atoms with van der Waals surface area (Å²) in [5.41, 5.74) is 2.71. The number of carbonyl (C=O) groups excluding carboxylic acids is 1. The van der Waals surface area contributed by atoms with Gasteiger partial charge in [-0.2, -0.15) is 13.2 Å². The van der Waals surface area contributed by atoms with Gasteiger partial charge in [-0.3, -0.25) is 4.79 Å².